The van der Waals surface area contributed by atoms with Crippen molar-refractivity contribution in [3.05, 3.63) is 0 Å². The van der Waals surface area contributed by atoms with Gasteiger partial charge in [0.25, 0.3) is 0 Å². The lowest BCUT2D eigenvalue weighted by atomic mass is 10.2. The van der Waals surface area contributed by atoms with Crippen LogP contribution in [0.3, 0.4) is 0 Å². The molecule has 5 heteroatoms. The van der Waals surface area contributed by atoms with Crippen LogP contribution >= 0.6 is 0 Å². The van der Waals surface area contributed by atoms with Crippen molar-refractivity contribution in [3.63, 3.8) is 0 Å². The maximum atomic E-state index is 11.8. The number of hydrogen-bond acceptors (Lipinski definition) is 4. The number of nitrogens with zero attached hydrogens (tertiary/aromatic N) is 2. The summed E-state index contributed by atoms with van der Waals surface area (Å²) >= 11 is 0. The molecular formula is C11H18N2O3. The zero-order chi connectivity index (χ0) is 12.3. The van der Waals surface area contributed by atoms with Gasteiger partial charge in [0.05, 0.1) is 18.7 Å². The second-order valence-corrected chi connectivity index (χ2v) is 4.87. The smallest absolute Gasteiger partial charge is 0.411 e. The molecule has 1 aliphatic rings. The summed E-state index contributed by atoms with van der Waals surface area (Å²) in [6.07, 6.45) is 0.0301. The highest BCUT2D eigenvalue weighted by Crippen LogP contribution is 2.22. The van der Waals surface area contributed by atoms with Gasteiger partial charge in [0.15, 0.2) is 0 Å². The summed E-state index contributed by atoms with van der Waals surface area (Å²) in [6.45, 7) is 5.83. The normalized spacial score (nSPS) is 25.3. The van der Waals surface area contributed by atoms with Crippen LogP contribution in [0.5, 0.6) is 0 Å². The minimum atomic E-state index is -0.539. The van der Waals surface area contributed by atoms with Gasteiger partial charge in [-0.2, -0.15) is 5.26 Å². The van der Waals surface area contributed by atoms with Crippen molar-refractivity contribution in [3.8, 4) is 6.07 Å². The number of ether oxygens (including phenoxy) is 2. The summed E-state index contributed by atoms with van der Waals surface area (Å²) in [5.74, 6) is 0. The van der Waals surface area contributed by atoms with Gasteiger partial charge in [0, 0.05) is 13.5 Å². The largest absolute Gasteiger partial charge is 0.444 e. The molecule has 0 radical (unpaired) electrons. The van der Waals surface area contributed by atoms with Crippen LogP contribution in [0, 0.1) is 11.3 Å². The van der Waals surface area contributed by atoms with Crippen LogP contribution in [0.1, 0.15) is 27.2 Å². The zero-order valence-electron chi connectivity index (χ0n) is 10.2. The summed E-state index contributed by atoms with van der Waals surface area (Å²) in [5.41, 5.74) is -0.539. The van der Waals surface area contributed by atoms with Crippen LogP contribution in [-0.4, -0.2) is 42.4 Å². The van der Waals surface area contributed by atoms with E-state index in [1.165, 1.54) is 4.90 Å². The maximum Gasteiger partial charge on any atom is 0.411 e. The van der Waals surface area contributed by atoms with Gasteiger partial charge in [-0.05, 0) is 20.8 Å². The molecule has 0 aromatic heterocycles. The SMILES string of the molecule is CO[C@H]1C[C@H](C#N)N(C(=O)OC(C)(C)C)C1. The fourth-order valence-corrected chi connectivity index (χ4v) is 1.61. The molecule has 1 amide bonds. The van der Waals surface area contributed by atoms with Gasteiger partial charge in [-0.25, -0.2) is 4.79 Å². The number of nitriles is 1. The number of likely N-dealkylation sites (tertiary alicyclic amines) is 1. The number of methoxy groups -OCH3 is 1. The van der Waals surface area contributed by atoms with Gasteiger partial charge in [-0.15, -0.1) is 0 Å². The number of hydrogen-bond donors (Lipinski definition) is 0. The molecule has 0 aliphatic carbocycles. The van der Waals surface area contributed by atoms with Crippen LogP contribution < -0.4 is 0 Å². The maximum absolute atomic E-state index is 11.8. The second-order valence-electron chi connectivity index (χ2n) is 4.87. The average molecular weight is 226 g/mol. The van der Waals surface area contributed by atoms with Crippen LogP contribution in [0.15, 0.2) is 0 Å². The molecule has 0 spiro atoms. The predicted molar refractivity (Wildman–Crippen MR) is 57.8 cm³/mol. The average Bonchev–Trinajstić information content (AvgIpc) is 2.58. The van der Waals surface area contributed by atoms with Crippen molar-refractivity contribution in [2.45, 2.75) is 44.9 Å². The Balaban J connectivity index is 2.65. The Hall–Kier alpha value is -1.28. The van der Waals surface area contributed by atoms with Crippen molar-refractivity contribution in [1.82, 2.24) is 4.90 Å². The summed E-state index contributed by atoms with van der Waals surface area (Å²) in [7, 11) is 1.58. The molecule has 0 bridgehead atoms. The summed E-state index contributed by atoms with van der Waals surface area (Å²) in [4.78, 5) is 13.2. The van der Waals surface area contributed by atoms with E-state index in [2.05, 4.69) is 6.07 Å². The molecule has 2 atom stereocenters. The first-order valence-electron chi connectivity index (χ1n) is 5.29. The second kappa shape index (κ2) is 4.71. The Labute approximate surface area is 95.9 Å². The first kappa shape index (κ1) is 12.8. The Morgan fingerprint density at radius 2 is 2.12 bits per heavy atom. The molecule has 0 aromatic rings. The van der Waals surface area contributed by atoms with Crippen LogP contribution in [0.4, 0.5) is 4.79 Å². The number of carbonyl (C=O) groups excluding carboxylic acids is 1. The standard InChI is InChI=1S/C11H18N2O3/c1-11(2,3)16-10(14)13-7-9(15-4)5-8(13)6-12/h8-9H,5,7H2,1-4H3/t8-,9+/m1/s1. The number of rotatable bonds is 1. The summed E-state index contributed by atoms with van der Waals surface area (Å²) in [6, 6.07) is 1.65. The van der Waals surface area contributed by atoms with Crippen molar-refractivity contribution in [1.29, 1.82) is 5.26 Å². The molecule has 0 aromatic carbocycles. The minimum absolute atomic E-state index is 0.0721. The van der Waals surface area contributed by atoms with E-state index in [1.807, 2.05) is 0 Å². The highest BCUT2D eigenvalue weighted by atomic mass is 16.6. The summed E-state index contributed by atoms with van der Waals surface area (Å²) < 4.78 is 10.4. The Kier molecular flexibility index (Phi) is 3.76. The molecule has 1 rings (SSSR count). The van der Waals surface area contributed by atoms with Crippen molar-refractivity contribution in [2.24, 2.45) is 0 Å². The summed E-state index contributed by atoms with van der Waals surface area (Å²) in [5, 5.41) is 8.94. The topological polar surface area (TPSA) is 62.6 Å². The van der Waals surface area contributed by atoms with E-state index in [9.17, 15) is 4.79 Å². The lowest BCUT2D eigenvalue weighted by Gasteiger charge is -2.25. The minimum Gasteiger partial charge on any atom is -0.444 e. The van der Waals surface area contributed by atoms with Crippen molar-refractivity contribution in [2.75, 3.05) is 13.7 Å². The van der Waals surface area contributed by atoms with Crippen molar-refractivity contribution >= 4 is 6.09 Å². The molecule has 16 heavy (non-hydrogen) atoms. The highest BCUT2D eigenvalue weighted by Gasteiger charge is 2.37. The highest BCUT2D eigenvalue weighted by molar-refractivity contribution is 5.69. The Morgan fingerprint density at radius 3 is 2.56 bits per heavy atom. The van der Waals surface area contributed by atoms with Gasteiger partial charge in [0.1, 0.15) is 11.6 Å². The van der Waals surface area contributed by atoms with Gasteiger partial charge in [-0.1, -0.05) is 0 Å². The fraction of sp³-hybridized carbons (Fsp3) is 0.818. The van der Waals surface area contributed by atoms with Gasteiger partial charge in [-0.3, -0.25) is 4.90 Å². The number of amides is 1. The van der Waals surface area contributed by atoms with E-state index in [-0.39, 0.29) is 6.10 Å². The molecular weight excluding hydrogens is 208 g/mol. The monoisotopic (exact) mass is 226 g/mol. The fourth-order valence-electron chi connectivity index (χ4n) is 1.61. The van der Waals surface area contributed by atoms with E-state index in [0.717, 1.165) is 0 Å². The van der Waals surface area contributed by atoms with E-state index >= 15 is 0 Å². The van der Waals surface area contributed by atoms with E-state index in [4.69, 9.17) is 14.7 Å². The molecule has 1 fully saturated rings. The van der Waals surface area contributed by atoms with Gasteiger partial charge in [0.2, 0.25) is 0 Å². The lowest BCUT2D eigenvalue weighted by Crippen LogP contribution is -2.39. The molecule has 0 saturated carbocycles. The van der Waals surface area contributed by atoms with Crippen LogP contribution in [0.2, 0.25) is 0 Å². The first-order valence-corrected chi connectivity index (χ1v) is 5.29. The quantitative estimate of drug-likeness (QED) is 0.680. The molecule has 1 aliphatic heterocycles. The Morgan fingerprint density at radius 1 is 1.50 bits per heavy atom. The third kappa shape index (κ3) is 3.11. The van der Waals surface area contributed by atoms with Gasteiger partial charge >= 0.3 is 6.09 Å². The molecule has 0 N–H and O–H groups in total. The van der Waals surface area contributed by atoms with E-state index in [0.29, 0.717) is 13.0 Å². The lowest BCUT2D eigenvalue weighted by molar-refractivity contribution is 0.0224. The molecule has 1 saturated heterocycles. The van der Waals surface area contributed by atoms with E-state index < -0.39 is 17.7 Å². The van der Waals surface area contributed by atoms with Crippen LogP contribution in [0.25, 0.3) is 0 Å². The van der Waals surface area contributed by atoms with E-state index in [1.54, 1.807) is 27.9 Å². The molecule has 5 nitrogen and oxygen atoms in total. The third-order valence-electron chi connectivity index (χ3n) is 2.37. The molecule has 1 heterocycles. The Bertz CT molecular complexity index is 303. The van der Waals surface area contributed by atoms with Crippen molar-refractivity contribution < 1.29 is 14.3 Å². The zero-order valence-corrected chi connectivity index (χ0v) is 10.2. The predicted octanol–water partition coefficient (Wildman–Crippen LogP) is 1.53. The first-order chi connectivity index (χ1) is 7.37. The third-order valence-corrected chi connectivity index (χ3v) is 2.37. The molecule has 0 unspecified atom stereocenters. The number of carbonyl (C=O) groups is 1. The van der Waals surface area contributed by atoms with Crippen LogP contribution in [-0.2, 0) is 9.47 Å². The van der Waals surface area contributed by atoms with Gasteiger partial charge < -0.3 is 9.47 Å². The molecule has 90 valence electrons.